The van der Waals surface area contributed by atoms with E-state index < -0.39 is 0 Å². The number of nitro benzene ring substituents is 1. The van der Waals surface area contributed by atoms with Gasteiger partial charge >= 0.3 is 0 Å². The van der Waals surface area contributed by atoms with E-state index in [4.69, 9.17) is 0 Å². The summed E-state index contributed by atoms with van der Waals surface area (Å²) in [7, 11) is 0. The molecular formula is C15H20BrN3O2. The lowest BCUT2D eigenvalue weighted by molar-refractivity contribution is -0.385. The highest BCUT2D eigenvalue weighted by Crippen LogP contribution is 2.38. The Morgan fingerprint density at radius 1 is 1.38 bits per heavy atom. The molecule has 2 saturated heterocycles. The molecule has 1 N–H and O–H groups in total. The Morgan fingerprint density at radius 2 is 2.19 bits per heavy atom. The van der Waals surface area contributed by atoms with Gasteiger partial charge < -0.3 is 10.2 Å². The van der Waals surface area contributed by atoms with E-state index in [0.717, 1.165) is 28.8 Å². The first-order valence-corrected chi connectivity index (χ1v) is 8.32. The Hall–Kier alpha value is -1.14. The Bertz CT molecular complexity index is 558. The summed E-state index contributed by atoms with van der Waals surface area (Å²) in [5.74, 6) is 0. The summed E-state index contributed by atoms with van der Waals surface area (Å²) in [6.45, 7) is 3.95. The summed E-state index contributed by atoms with van der Waals surface area (Å²) in [6, 6.07) is 4.65. The molecule has 0 radical (unpaired) electrons. The number of nitrogens with zero attached hydrogens (tertiary/aromatic N) is 2. The largest absolute Gasteiger partial charge is 0.366 e. The summed E-state index contributed by atoms with van der Waals surface area (Å²) in [4.78, 5) is 13.1. The van der Waals surface area contributed by atoms with Gasteiger partial charge in [0.1, 0.15) is 0 Å². The summed E-state index contributed by atoms with van der Waals surface area (Å²) < 4.78 is 0.824. The molecular weight excluding hydrogens is 334 g/mol. The third kappa shape index (κ3) is 2.79. The van der Waals surface area contributed by atoms with Gasteiger partial charge in [-0.3, -0.25) is 10.1 Å². The Kier molecular flexibility index (Phi) is 4.17. The van der Waals surface area contributed by atoms with Crippen molar-refractivity contribution in [2.75, 3.05) is 18.0 Å². The molecule has 2 aliphatic heterocycles. The number of rotatable bonds is 3. The van der Waals surface area contributed by atoms with Crippen LogP contribution in [0.1, 0.15) is 31.2 Å². The van der Waals surface area contributed by atoms with Gasteiger partial charge in [-0.1, -0.05) is 0 Å². The maximum Gasteiger partial charge on any atom is 0.273 e. The van der Waals surface area contributed by atoms with Crippen LogP contribution in [-0.2, 0) is 0 Å². The first kappa shape index (κ1) is 14.8. The maximum atomic E-state index is 11.0. The molecule has 1 aromatic carbocycles. The van der Waals surface area contributed by atoms with E-state index in [-0.39, 0.29) is 10.6 Å². The predicted molar refractivity (Wildman–Crippen MR) is 86.9 cm³/mol. The van der Waals surface area contributed by atoms with Crippen LogP contribution >= 0.6 is 15.9 Å². The van der Waals surface area contributed by atoms with Crippen molar-refractivity contribution in [2.24, 2.45) is 0 Å². The van der Waals surface area contributed by atoms with Crippen LogP contribution in [0.25, 0.3) is 0 Å². The van der Waals surface area contributed by atoms with Crippen LogP contribution in [0, 0.1) is 17.0 Å². The minimum atomic E-state index is -0.316. The van der Waals surface area contributed by atoms with E-state index >= 15 is 0 Å². The van der Waals surface area contributed by atoms with Crippen LogP contribution in [0.4, 0.5) is 11.4 Å². The molecule has 2 aliphatic rings. The first-order valence-electron chi connectivity index (χ1n) is 7.52. The first-order chi connectivity index (χ1) is 10.1. The predicted octanol–water partition coefficient (Wildman–Crippen LogP) is 3.39. The van der Waals surface area contributed by atoms with Gasteiger partial charge in [-0.15, -0.1) is 0 Å². The lowest BCUT2D eigenvalue weighted by atomic mass is 10.0. The minimum absolute atomic E-state index is 0.181. The number of halogens is 1. The molecule has 5 nitrogen and oxygen atoms in total. The molecule has 0 aromatic heterocycles. The molecule has 0 saturated carbocycles. The molecule has 0 amide bonds. The molecule has 6 heteroatoms. The number of nitrogens with one attached hydrogen (secondary N) is 1. The third-order valence-corrected chi connectivity index (χ3v) is 5.27. The number of aryl methyl sites for hydroxylation is 1. The fraction of sp³-hybridized carbons (Fsp3) is 0.600. The van der Waals surface area contributed by atoms with Crippen molar-refractivity contribution in [1.82, 2.24) is 5.32 Å². The van der Waals surface area contributed by atoms with E-state index in [2.05, 4.69) is 26.1 Å². The quantitative estimate of drug-likeness (QED) is 0.668. The van der Waals surface area contributed by atoms with Gasteiger partial charge in [-0.05, 0) is 61.1 Å². The molecule has 2 heterocycles. The monoisotopic (exact) mass is 353 g/mol. The van der Waals surface area contributed by atoms with E-state index in [0.29, 0.717) is 12.1 Å². The molecule has 114 valence electrons. The highest BCUT2D eigenvalue weighted by molar-refractivity contribution is 9.10. The van der Waals surface area contributed by atoms with Crippen molar-refractivity contribution >= 4 is 27.3 Å². The molecule has 0 aliphatic carbocycles. The van der Waals surface area contributed by atoms with E-state index in [1.807, 2.05) is 13.0 Å². The normalized spacial score (nSPS) is 25.5. The molecule has 1 aromatic rings. The van der Waals surface area contributed by atoms with Crippen molar-refractivity contribution in [2.45, 2.75) is 44.7 Å². The number of hydrogen-bond acceptors (Lipinski definition) is 4. The smallest absolute Gasteiger partial charge is 0.273 e. The second kappa shape index (κ2) is 5.93. The molecule has 2 fully saturated rings. The number of anilines is 1. The topological polar surface area (TPSA) is 58.4 Å². The lowest BCUT2D eigenvalue weighted by Crippen LogP contribution is -2.44. The summed E-state index contributed by atoms with van der Waals surface area (Å²) in [5, 5.41) is 14.6. The van der Waals surface area contributed by atoms with Crippen molar-refractivity contribution in [3.05, 3.63) is 32.3 Å². The minimum Gasteiger partial charge on any atom is -0.366 e. The van der Waals surface area contributed by atoms with Crippen molar-refractivity contribution < 1.29 is 4.92 Å². The Labute approximate surface area is 133 Å². The zero-order valence-electron chi connectivity index (χ0n) is 12.1. The zero-order chi connectivity index (χ0) is 15.0. The van der Waals surface area contributed by atoms with Crippen LogP contribution in [-0.4, -0.2) is 30.1 Å². The van der Waals surface area contributed by atoms with E-state index in [1.54, 1.807) is 6.07 Å². The van der Waals surface area contributed by atoms with Crippen LogP contribution in [0.5, 0.6) is 0 Å². The number of nitro groups is 1. The Morgan fingerprint density at radius 3 is 2.86 bits per heavy atom. The lowest BCUT2D eigenvalue weighted by Gasteiger charge is -2.32. The van der Waals surface area contributed by atoms with Gasteiger partial charge in [0, 0.05) is 34.7 Å². The average molecular weight is 354 g/mol. The van der Waals surface area contributed by atoms with Crippen molar-refractivity contribution in [3.63, 3.8) is 0 Å². The van der Waals surface area contributed by atoms with Crippen LogP contribution in [0.2, 0.25) is 0 Å². The standard InChI is InChI=1S/C15H20BrN3O2/c1-10-8-15(11(16)9-14(10)19(20)21)18-7-3-5-13(18)12-4-2-6-17-12/h8-9,12-13,17H,2-7H2,1H3. The highest BCUT2D eigenvalue weighted by atomic mass is 79.9. The van der Waals surface area contributed by atoms with Gasteiger partial charge in [-0.25, -0.2) is 0 Å². The Balaban J connectivity index is 1.91. The van der Waals surface area contributed by atoms with Crippen LogP contribution in [0.3, 0.4) is 0 Å². The highest BCUT2D eigenvalue weighted by Gasteiger charge is 2.34. The van der Waals surface area contributed by atoms with Gasteiger partial charge in [0.2, 0.25) is 0 Å². The van der Waals surface area contributed by atoms with Crippen molar-refractivity contribution in [1.29, 1.82) is 0 Å². The zero-order valence-corrected chi connectivity index (χ0v) is 13.7. The number of benzene rings is 1. The van der Waals surface area contributed by atoms with Gasteiger partial charge in [-0.2, -0.15) is 0 Å². The van der Waals surface area contributed by atoms with Gasteiger partial charge in [0.25, 0.3) is 5.69 Å². The molecule has 21 heavy (non-hydrogen) atoms. The summed E-state index contributed by atoms with van der Waals surface area (Å²) >= 11 is 3.53. The third-order valence-electron chi connectivity index (χ3n) is 4.63. The molecule has 3 rings (SSSR count). The fourth-order valence-corrected chi connectivity index (χ4v) is 4.18. The second-order valence-electron chi connectivity index (χ2n) is 5.95. The number of hydrogen-bond donors (Lipinski definition) is 1. The fourth-order valence-electron chi connectivity index (χ4n) is 3.62. The van der Waals surface area contributed by atoms with E-state index in [9.17, 15) is 10.1 Å². The summed E-state index contributed by atoms with van der Waals surface area (Å²) in [6.07, 6.45) is 4.85. The average Bonchev–Trinajstić information content (AvgIpc) is 3.09. The van der Waals surface area contributed by atoms with E-state index in [1.165, 1.54) is 25.7 Å². The SMILES string of the molecule is Cc1cc(N2CCCC2C2CCCN2)c(Br)cc1[N+](=O)[O-]. The maximum absolute atomic E-state index is 11.0. The van der Waals surface area contributed by atoms with Gasteiger partial charge in [0.15, 0.2) is 0 Å². The molecule has 2 unspecified atom stereocenters. The summed E-state index contributed by atoms with van der Waals surface area (Å²) in [5.41, 5.74) is 2.00. The van der Waals surface area contributed by atoms with Gasteiger partial charge in [0.05, 0.1) is 10.6 Å². The van der Waals surface area contributed by atoms with Crippen LogP contribution in [0.15, 0.2) is 16.6 Å². The second-order valence-corrected chi connectivity index (χ2v) is 6.81. The molecule has 2 atom stereocenters. The van der Waals surface area contributed by atoms with Crippen molar-refractivity contribution in [3.8, 4) is 0 Å². The molecule has 0 bridgehead atoms. The van der Waals surface area contributed by atoms with Crippen LogP contribution < -0.4 is 10.2 Å². The molecule has 0 spiro atoms.